The molecule has 1 aromatic carbocycles. The first-order valence-corrected chi connectivity index (χ1v) is 12.5. The molecule has 3 aromatic rings. The van der Waals surface area contributed by atoms with E-state index >= 15 is 0 Å². The maximum Gasteiger partial charge on any atom is 0.223 e. The van der Waals surface area contributed by atoms with Crippen molar-refractivity contribution in [3.8, 4) is 0 Å². The van der Waals surface area contributed by atoms with E-state index in [4.69, 9.17) is 4.98 Å². The van der Waals surface area contributed by atoms with E-state index in [0.717, 1.165) is 74.5 Å². The van der Waals surface area contributed by atoms with Gasteiger partial charge in [0.2, 0.25) is 5.91 Å². The summed E-state index contributed by atoms with van der Waals surface area (Å²) in [6, 6.07) is 12.5. The second-order valence-electron chi connectivity index (χ2n) is 10.3. The van der Waals surface area contributed by atoms with E-state index in [-0.39, 0.29) is 11.8 Å². The fourth-order valence-electron chi connectivity index (χ4n) is 5.06. The smallest absolute Gasteiger partial charge is 0.223 e. The highest BCUT2D eigenvalue weighted by Gasteiger charge is 2.27. The summed E-state index contributed by atoms with van der Waals surface area (Å²) in [6.07, 6.45) is 3.84. The van der Waals surface area contributed by atoms with Gasteiger partial charge in [-0.25, -0.2) is 4.98 Å². The summed E-state index contributed by atoms with van der Waals surface area (Å²) in [5.74, 6) is 2.60. The first kappa shape index (κ1) is 23.6. The Labute approximate surface area is 198 Å². The molecule has 0 aliphatic carbocycles. The van der Waals surface area contributed by atoms with Crippen LogP contribution in [0.4, 0.5) is 5.82 Å². The van der Waals surface area contributed by atoms with Crippen LogP contribution in [-0.4, -0.2) is 59.5 Å². The van der Waals surface area contributed by atoms with Gasteiger partial charge in [0, 0.05) is 51.4 Å². The third-order valence-corrected chi connectivity index (χ3v) is 6.48. The van der Waals surface area contributed by atoms with Gasteiger partial charge in [0.25, 0.3) is 0 Å². The van der Waals surface area contributed by atoms with E-state index in [0.29, 0.717) is 11.8 Å². The zero-order valence-electron chi connectivity index (χ0n) is 20.6. The number of anilines is 1. The number of hydrogen-bond acceptors (Lipinski definition) is 4. The van der Waals surface area contributed by atoms with Crippen molar-refractivity contribution in [2.75, 3.05) is 44.2 Å². The third kappa shape index (κ3) is 5.67. The van der Waals surface area contributed by atoms with Crippen LogP contribution in [0.1, 0.15) is 40.5 Å². The molecule has 4 rings (SSSR count). The van der Waals surface area contributed by atoms with Gasteiger partial charge in [0.1, 0.15) is 0 Å². The molecule has 1 amide bonds. The van der Waals surface area contributed by atoms with Crippen LogP contribution in [0.5, 0.6) is 0 Å². The Morgan fingerprint density at radius 1 is 1.03 bits per heavy atom. The van der Waals surface area contributed by atoms with Crippen molar-refractivity contribution in [2.45, 2.75) is 40.5 Å². The number of piperidine rings is 1. The van der Waals surface area contributed by atoms with Crippen LogP contribution in [0.25, 0.3) is 16.6 Å². The minimum Gasteiger partial charge on any atom is -0.355 e. The van der Waals surface area contributed by atoms with Gasteiger partial charge in [-0.1, -0.05) is 39.8 Å². The molecule has 1 fully saturated rings. The minimum atomic E-state index is 0.0909. The van der Waals surface area contributed by atoms with Crippen LogP contribution in [0.2, 0.25) is 0 Å². The molecular weight excluding hydrogens is 410 g/mol. The van der Waals surface area contributed by atoms with Gasteiger partial charge in [-0.15, -0.1) is 0 Å². The Bertz CT molecular complexity index is 1050. The summed E-state index contributed by atoms with van der Waals surface area (Å²) in [6.45, 7) is 14.6. The van der Waals surface area contributed by atoms with Crippen LogP contribution in [-0.2, 0) is 4.79 Å². The zero-order valence-corrected chi connectivity index (χ0v) is 20.6. The van der Waals surface area contributed by atoms with E-state index in [1.165, 1.54) is 0 Å². The lowest BCUT2D eigenvalue weighted by Crippen LogP contribution is -2.43. The minimum absolute atomic E-state index is 0.0909. The predicted octanol–water partition coefficient (Wildman–Crippen LogP) is 4.43. The van der Waals surface area contributed by atoms with Gasteiger partial charge in [-0.3, -0.25) is 4.79 Å². The SMILES string of the molecule is CC(C)CN(CCNC(=O)C1CCN(c2nc3ccccc3n3cccc23)CC1)CC(C)C. The lowest BCUT2D eigenvalue weighted by molar-refractivity contribution is -0.125. The number of carbonyl (C=O) groups is 1. The molecular formula is C27H39N5O. The number of carbonyl (C=O) groups excluding carboxylic acids is 1. The Kier molecular flexibility index (Phi) is 7.53. The Balaban J connectivity index is 1.33. The number of amides is 1. The highest BCUT2D eigenvalue weighted by atomic mass is 16.1. The molecule has 1 aliphatic rings. The highest BCUT2D eigenvalue weighted by Crippen LogP contribution is 2.29. The van der Waals surface area contributed by atoms with Gasteiger partial charge in [-0.05, 0) is 48.9 Å². The van der Waals surface area contributed by atoms with Crippen LogP contribution in [0.15, 0.2) is 42.6 Å². The monoisotopic (exact) mass is 449 g/mol. The molecule has 0 unspecified atom stereocenters. The van der Waals surface area contributed by atoms with Crippen molar-refractivity contribution in [3.05, 3.63) is 42.6 Å². The Morgan fingerprint density at radius 2 is 1.70 bits per heavy atom. The van der Waals surface area contributed by atoms with Crippen molar-refractivity contribution in [3.63, 3.8) is 0 Å². The summed E-state index contributed by atoms with van der Waals surface area (Å²) in [7, 11) is 0. The molecule has 6 heteroatoms. The van der Waals surface area contributed by atoms with Crippen molar-refractivity contribution in [1.82, 2.24) is 19.6 Å². The lowest BCUT2D eigenvalue weighted by atomic mass is 9.96. The van der Waals surface area contributed by atoms with E-state index in [1.807, 2.05) is 6.07 Å². The summed E-state index contributed by atoms with van der Waals surface area (Å²) >= 11 is 0. The van der Waals surface area contributed by atoms with Crippen LogP contribution in [0, 0.1) is 17.8 Å². The number of aromatic nitrogens is 2. The van der Waals surface area contributed by atoms with Crippen molar-refractivity contribution in [2.24, 2.45) is 17.8 Å². The molecule has 6 nitrogen and oxygen atoms in total. The number of fused-ring (bicyclic) bond motifs is 3. The predicted molar refractivity (Wildman–Crippen MR) is 137 cm³/mol. The normalized spacial score (nSPS) is 15.4. The molecule has 3 heterocycles. The molecule has 0 radical (unpaired) electrons. The first-order chi connectivity index (χ1) is 15.9. The molecule has 0 atom stereocenters. The number of nitrogens with one attached hydrogen (secondary N) is 1. The van der Waals surface area contributed by atoms with Crippen LogP contribution in [0.3, 0.4) is 0 Å². The van der Waals surface area contributed by atoms with Gasteiger partial charge in [0.05, 0.1) is 16.6 Å². The number of benzene rings is 1. The Hall–Kier alpha value is -2.60. The maximum atomic E-state index is 12.8. The van der Waals surface area contributed by atoms with E-state index in [2.05, 4.69) is 83.7 Å². The number of rotatable bonds is 9. The lowest BCUT2D eigenvalue weighted by Gasteiger charge is -2.33. The average molecular weight is 450 g/mol. The zero-order chi connectivity index (χ0) is 23.4. The number of nitrogens with zero attached hydrogens (tertiary/aromatic N) is 4. The largest absolute Gasteiger partial charge is 0.355 e. The van der Waals surface area contributed by atoms with Gasteiger partial charge in [-0.2, -0.15) is 0 Å². The number of para-hydroxylation sites is 2. The van der Waals surface area contributed by atoms with E-state index < -0.39 is 0 Å². The Morgan fingerprint density at radius 3 is 2.39 bits per heavy atom. The van der Waals surface area contributed by atoms with Gasteiger partial charge >= 0.3 is 0 Å². The first-order valence-electron chi connectivity index (χ1n) is 12.5. The summed E-state index contributed by atoms with van der Waals surface area (Å²) in [5.41, 5.74) is 3.26. The fraction of sp³-hybridized carbons (Fsp3) is 0.556. The molecule has 33 heavy (non-hydrogen) atoms. The average Bonchev–Trinajstić information content (AvgIpc) is 3.28. The van der Waals surface area contributed by atoms with E-state index in [9.17, 15) is 4.79 Å². The van der Waals surface area contributed by atoms with Crippen LogP contribution >= 0.6 is 0 Å². The molecule has 1 aliphatic heterocycles. The standard InChI is InChI=1S/C27H39N5O/c1-20(2)18-30(19-21(3)4)17-13-28-27(33)22-11-15-31(16-12-22)26-25-10-7-14-32(25)24-9-6-5-8-23(24)29-26/h5-10,14,20-22H,11-13,15-19H2,1-4H3,(H,28,33). The van der Waals surface area contributed by atoms with E-state index in [1.54, 1.807) is 0 Å². The second kappa shape index (κ2) is 10.6. The van der Waals surface area contributed by atoms with Crippen molar-refractivity contribution in [1.29, 1.82) is 0 Å². The topological polar surface area (TPSA) is 52.9 Å². The van der Waals surface area contributed by atoms with Gasteiger partial charge in [0.15, 0.2) is 5.82 Å². The summed E-state index contributed by atoms with van der Waals surface area (Å²) in [4.78, 5) is 22.7. The fourth-order valence-corrected chi connectivity index (χ4v) is 5.06. The quantitative estimate of drug-likeness (QED) is 0.525. The molecule has 0 bridgehead atoms. The summed E-state index contributed by atoms with van der Waals surface area (Å²) < 4.78 is 2.22. The molecule has 0 spiro atoms. The molecule has 178 valence electrons. The summed E-state index contributed by atoms with van der Waals surface area (Å²) in [5, 5.41) is 3.21. The number of hydrogen-bond donors (Lipinski definition) is 1. The molecule has 2 aromatic heterocycles. The van der Waals surface area contributed by atoms with Crippen molar-refractivity contribution >= 4 is 28.3 Å². The van der Waals surface area contributed by atoms with Crippen LogP contribution < -0.4 is 10.2 Å². The second-order valence-corrected chi connectivity index (χ2v) is 10.3. The van der Waals surface area contributed by atoms with Crippen molar-refractivity contribution < 1.29 is 4.79 Å². The van der Waals surface area contributed by atoms with Gasteiger partial charge < -0.3 is 19.5 Å². The highest BCUT2D eigenvalue weighted by molar-refractivity contribution is 5.85. The molecule has 1 saturated heterocycles. The maximum absolute atomic E-state index is 12.8. The third-order valence-electron chi connectivity index (χ3n) is 6.48. The molecule has 1 N–H and O–H groups in total. The molecule has 0 saturated carbocycles.